The van der Waals surface area contributed by atoms with Crippen molar-refractivity contribution in [3.63, 3.8) is 0 Å². The molecule has 1 saturated carbocycles. The van der Waals surface area contributed by atoms with Crippen molar-refractivity contribution in [2.45, 2.75) is 82.8 Å². The molecule has 3 aliphatic rings. The zero-order valence-corrected chi connectivity index (χ0v) is 18.9. The normalized spacial score (nSPS) is 30.1. The Morgan fingerprint density at radius 2 is 2.00 bits per heavy atom. The summed E-state index contributed by atoms with van der Waals surface area (Å²) in [7, 11) is 0. The van der Waals surface area contributed by atoms with E-state index in [-0.39, 0.29) is 29.5 Å². The maximum Gasteiger partial charge on any atom is 0.318 e. The third kappa shape index (κ3) is 4.87. The molecule has 5 heteroatoms. The highest BCUT2D eigenvalue weighted by Gasteiger charge is 2.42. The molecule has 1 fully saturated rings. The number of carbonyl (C=O) groups is 1. The zero-order valence-electron chi connectivity index (χ0n) is 18.9. The highest BCUT2D eigenvalue weighted by atomic mass is 19.1. The number of rotatable bonds is 6. The summed E-state index contributed by atoms with van der Waals surface area (Å²) in [6.07, 6.45) is 13.2. The van der Waals surface area contributed by atoms with Crippen LogP contribution in [0, 0.1) is 11.7 Å². The first kappa shape index (κ1) is 22.1. The lowest BCUT2D eigenvalue weighted by Gasteiger charge is -2.47. The third-order valence-corrected chi connectivity index (χ3v) is 7.18. The molecule has 1 aromatic carbocycles. The molecule has 2 atom stereocenters. The van der Waals surface area contributed by atoms with E-state index in [1.54, 1.807) is 0 Å². The highest BCUT2D eigenvalue weighted by molar-refractivity contribution is 5.77. The molecule has 1 aliphatic heterocycles. The molecule has 1 aromatic rings. The number of urea groups is 1. The Labute approximate surface area is 185 Å². The summed E-state index contributed by atoms with van der Waals surface area (Å²) in [6.45, 7) is 4.99. The number of nitrogens with zero attached hydrogens (tertiary/aromatic N) is 1. The predicted molar refractivity (Wildman–Crippen MR) is 123 cm³/mol. The first-order chi connectivity index (χ1) is 14.9. The second-order valence-corrected chi connectivity index (χ2v) is 9.93. The zero-order chi connectivity index (χ0) is 22.0. The number of hydrogen-bond acceptors (Lipinski definition) is 2. The number of carbonyl (C=O) groups excluding carboxylic acids is 1. The predicted octanol–water partition coefficient (Wildman–Crippen LogP) is 5.61. The van der Waals surface area contributed by atoms with Crippen LogP contribution < -0.4 is 11.1 Å². The quantitative estimate of drug-likeness (QED) is 0.582. The summed E-state index contributed by atoms with van der Waals surface area (Å²) < 4.78 is 13.6. The molecule has 2 aliphatic carbocycles. The van der Waals surface area contributed by atoms with Gasteiger partial charge < -0.3 is 16.0 Å². The molecule has 0 radical (unpaired) electrons. The van der Waals surface area contributed by atoms with Crippen LogP contribution in [0.3, 0.4) is 0 Å². The van der Waals surface area contributed by atoms with Crippen LogP contribution in [0.2, 0.25) is 0 Å². The number of benzene rings is 1. The number of hydrogen-bond donors (Lipinski definition) is 2. The molecule has 0 bridgehead atoms. The Morgan fingerprint density at radius 1 is 1.26 bits per heavy atom. The standard InChI is InChI=1S/C26H36FN3O/c1-3-4-5-6-18-7-12-23-20(15-18)13-14-30(24(23)19-8-10-21(27)11-9-19)25(31)29-26(2)16-22(28)17-26/h7-12,18,22,24H,3-6,13-17,28H2,1-2H3,(H,29,31)/t18?,22?,24-,26?/m0/s1. The number of nitrogens with two attached hydrogens (primary N) is 1. The lowest BCUT2D eigenvalue weighted by molar-refractivity contribution is 0.136. The topological polar surface area (TPSA) is 58.4 Å². The molecule has 0 aromatic heterocycles. The third-order valence-electron chi connectivity index (χ3n) is 7.18. The van der Waals surface area contributed by atoms with Crippen LogP contribution in [-0.2, 0) is 0 Å². The minimum Gasteiger partial charge on any atom is -0.333 e. The summed E-state index contributed by atoms with van der Waals surface area (Å²) in [5.41, 5.74) is 9.38. The van der Waals surface area contributed by atoms with E-state index in [9.17, 15) is 9.18 Å². The fourth-order valence-corrected chi connectivity index (χ4v) is 5.55. The van der Waals surface area contributed by atoms with Crippen molar-refractivity contribution in [1.82, 2.24) is 10.2 Å². The summed E-state index contributed by atoms with van der Waals surface area (Å²) >= 11 is 0. The van der Waals surface area contributed by atoms with Gasteiger partial charge in [-0.25, -0.2) is 9.18 Å². The van der Waals surface area contributed by atoms with Crippen molar-refractivity contribution in [3.8, 4) is 0 Å². The average molecular weight is 426 g/mol. The Kier molecular flexibility index (Phi) is 6.52. The summed E-state index contributed by atoms with van der Waals surface area (Å²) in [5, 5.41) is 3.23. The van der Waals surface area contributed by atoms with Gasteiger partial charge in [-0.15, -0.1) is 0 Å². The summed E-state index contributed by atoms with van der Waals surface area (Å²) in [6, 6.07) is 6.57. The minimum absolute atomic E-state index is 0.0475. The Morgan fingerprint density at radius 3 is 2.68 bits per heavy atom. The van der Waals surface area contributed by atoms with E-state index < -0.39 is 0 Å². The van der Waals surface area contributed by atoms with Crippen LogP contribution in [0.4, 0.5) is 9.18 Å². The number of unbranched alkanes of at least 4 members (excludes halogenated alkanes) is 2. The van der Waals surface area contributed by atoms with Crippen molar-refractivity contribution in [3.05, 3.63) is 58.9 Å². The number of allylic oxidation sites excluding steroid dienone is 1. The van der Waals surface area contributed by atoms with Crippen molar-refractivity contribution in [2.24, 2.45) is 11.7 Å². The maximum absolute atomic E-state index is 13.6. The Bertz CT molecular complexity index is 854. The molecular formula is C26H36FN3O. The van der Waals surface area contributed by atoms with E-state index >= 15 is 0 Å². The van der Waals surface area contributed by atoms with E-state index in [2.05, 4.69) is 31.3 Å². The maximum atomic E-state index is 13.6. The number of nitrogens with one attached hydrogen (secondary N) is 1. The van der Waals surface area contributed by atoms with Gasteiger partial charge in [-0.2, -0.15) is 0 Å². The van der Waals surface area contributed by atoms with Gasteiger partial charge in [0.05, 0.1) is 6.04 Å². The largest absolute Gasteiger partial charge is 0.333 e. The molecule has 4 nitrogen and oxygen atoms in total. The van der Waals surface area contributed by atoms with Gasteiger partial charge in [-0.1, -0.05) is 56.0 Å². The Hall–Kier alpha value is -2.14. The monoisotopic (exact) mass is 425 g/mol. The molecular weight excluding hydrogens is 389 g/mol. The van der Waals surface area contributed by atoms with E-state index in [4.69, 9.17) is 5.73 Å². The van der Waals surface area contributed by atoms with Gasteiger partial charge in [0.1, 0.15) is 5.82 Å². The fourth-order valence-electron chi connectivity index (χ4n) is 5.55. The molecule has 3 N–H and O–H groups in total. The van der Waals surface area contributed by atoms with Crippen molar-refractivity contribution >= 4 is 6.03 Å². The van der Waals surface area contributed by atoms with Crippen LogP contribution in [0.1, 0.15) is 76.8 Å². The van der Waals surface area contributed by atoms with Crippen LogP contribution in [-0.4, -0.2) is 29.1 Å². The minimum atomic E-state index is -0.254. The highest BCUT2D eigenvalue weighted by Crippen LogP contribution is 2.42. The average Bonchev–Trinajstić information content (AvgIpc) is 2.72. The van der Waals surface area contributed by atoms with Crippen LogP contribution >= 0.6 is 0 Å². The number of amides is 2. The van der Waals surface area contributed by atoms with Crippen molar-refractivity contribution in [2.75, 3.05) is 6.54 Å². The van der Waals surface area contributed by atoms with E-state index in [1.807, 2.05) is 17.0 Å². The van der Waals surface area contributed by atoms with Gasteiger partial charge >= 0.3 is 6.03 Å². The first-order valence-electron chi connectivity index (χ1n) is 11.9. The number of halogens is 1. The first-order valence-corrected chi connectivity index (χ1v) is 11.9. The van der Waals surface area contributed by atoms with Crippen LogP contribution in [0.5, 0.6) is 0 Å². The van der Waals surface area contributed by atoms with E-state index in [1.165, 1.54) is 49.0 Å². The molecule has 1 unspecified atom stereocenters. The smallest absolute Gasteiger partial charge is 0.318 e. The fraction of sp³-hybridized carbons (Fsp3) is 0.577. The van der Waals surface area contributed by atoms with Crippen molar-refractivity contribution < 1.29 is 9.18 Å². The van der Waals surface area contributed by atoms with E-state index in [0.717, 1.165) is 31.2 Å². The van der Waals surface area contributed by atoms with Gasteiger partial charge in [0.2, 0.25) is 0 Å². The Balaban J connectivity index is 1.57. The van der Waals surface area contributed by atoms with Gasteiger partial charge in [-0.3, -0.25) is 0 Å². The second kappa shape index (κ2) is 9.15. The molecule has 168 valence electrons. The van der Waals surface area contributed by atoms with Gasteiger partial charge in [-0.05, 0) is 68.2 Å². The summed E-state index contributed by atoms with van der Waals surface area (Å²) in [5.74, 6) is 0.339. The molecule has 2 amide bonds. The van der Waals surface area contributed by atoms with E-state index in [0.29, 0.717) is 12.5 Å². The summed E-state index contributed by atoms with van der Waals surface area (Å²) in [4.78, 5) is 15.3. The lowest BCUT2D eigenvalue weighted by Crippen LogP contribution is -2.62. The van der Waals surface area contributed by atoms with Gasteiger partial charge in [0.25, 0.3) is 0 Å². The van der Waals surface area contributed by atoms with Crippen LogP contribution in [0.25, 0.3) is 0 Å². The van der Waals surface area contributed by atoms with Gasteiger partial charge in [0, 0.05) is 18.1 Å². The van der Waals surface area contributed by atoms with Gasteiger partial charge in [0.15, 0.2) is 0 Å². The SMILES string of the molecule is CCCCCC1C=CC2=C(CCN(C(=O)NC3(C)CC(N)C3)[C@H]2c2ccc(F)cc2)C1. The second-order valence-electron chi connectivity index (χ2n) is 9.93. The molecule has 31 heavy (non-hydrogen) atoms. The van der Waals surface area contributed by atoms with Crippen molar-refractivity contribution in [1.29, 1.82) is 0 Å². The lowest BCUT2D eigenvalue weighted by atomic mass is 9.74. The molecule has 4 rings (SSSR count). The molecule has 0 saturated heterocycles. The van der Waals surface area contributed by atoms with Crippen LogP contribution in [0.15, 0.2) is 47.6 Å². The molecule has 1 heterocycles. The molecule has 0 spiro atoms.